The Bertz CT molecular complexity index is 697. The molecule has 0 saturated carbocycles. The van der Waals surface area contributed by atoms with E-state index in [-0.39, 0.29) is 22.8 Å². The maximum Gasteiger partial charge on any atom is 0.336 e. The number of hydrogen-bond donors (Lipinski definition) is 2. The van der Waals surface area contributed by atoms with Crippen LogP contribution >= 0.6 is 11.8 Å². The van der Waals surface area contributed by atoms with Crippen LogP contribution in [-0.2, 0) is 9.59 Å². The van der Waals surface area contributed by atoms with E-state index in [9.17, 15) is 19.5 Å². The minimum Gasteiger partial charge on any atom is -0.478 e. The average Bonchev–Trinajstić information content (AvgIpc) is 2.97. The molecule has 7 heteroatoms. The second-order valence-electron chi connectivity index (χ2n) is 7.44. The van der Waals surface area contributed by atoms with Crippen LogP contribution in [-0.4, -0.2) is 45.5 Å². The van der Waals surface area contributed by atoms with E-state index in [0.717, 1.165) is 0 Å². The molecule has 1 unspecified atom stereocenters. The van der Waals surface area contributed by atoms with Crippen LogP contribution in [0.25, 0.3) is 0 Å². The van der Waals surface area contributed by atoms with Crippen molar-refractivity contribution in [2.45, 2.75) is 40.2 Å². The highest BCUT2D eigenvalue weighted by atomic mass is 32.2. The average molecular weight is 364 g/mol. The van der Waals surface area contributed by atoms with Gasteiger partial charge in [-0.05, 0) is 30.0 Å². The van der Waals surface area contributed by atoms with E-state index in [0.29, 0.717) is 29.3 Å². The molecule has 0 bridgehead atoms. The topological polar surface area (TPSA) is 86.7 Å². The van der Waals surface area contributed by atoms with Crippen molar-refractivity contribution in [1.82, 2.24) is 4.90 Å². The fourth-order valence-corrected chi connectivity index (χ4v) is 3.80. The van der Waals surface area contributed by atoms with Crippen LogP contribution in [0.2, 0.25) is 0 Å². The van der Waals surface area contributed by atoms with Crippen LogP contribution in [0.3, 0.4) is 0 Å². The van der Waals surface area contributed by atoms with Crippen LogP contribution in [0, 0.1) is 12.3 Å². The van der Waals surface area contributed by atoms with Crippen LogP contribution in [0.15, 0.2) is 18.2 Å². The quantitative estimate of drug-likeness (QED) is 0.858. The Morgan fingerprint density at radius 1 is 1.32 bits per heavy atom. The Hall–Kier alpha value is -2.02. The molecular formula is C18H24N2O4S. The predicted molar refractivity (Wildman–Crippen MR) is 98.8 cm³/mol. The van der Waals surface area contributed by atoms with Crippen molar-refractivity contribution in [2.75, 3.05) is 16.9 Å². The zero-order chi connectivity index (χ0) is 18.8. The van der Waals surface area contributed by atoms with Gasteiger partial charge in [0.25, 0.3) is 0 Å². The number of anilines is 1. The molecule has 1 saturated heterocycles. The number of carboxylic acids is 1. The molecule has 1 aromatic carbocycles. The molecule has 1 heterocycles. The lowest BCUT2D eigenvalue weighted by Crippen LogP contribution is -2.45. The number of carboxylic acid groups (broad SMARTS) is 1. The van der Waals surface area contributed by atoms with Gasteiger partial charge in [-0.25, -0.2) is 4.79 Å². The van der Waals surface area contributed by atoms with Crippen LogP contribution in [0.1, 0.15) is 43.1 Å². The number of rotatable bonds is 4. The highest BCUT2D eigenvalue weighted by molar-refractivity contribution is 7.99. The number of carbonyl (C=O) groups is 3. The van der Waals surface area contributed by atoms with Crippen LogP contribution < -0.4 is 5.32 Å². The summed E-state index contributed by atoms with van der Waals surface area (Å²) in [7, 11) is 0. The maximum absolute atomic E-state index is 12.6. The Labute approximate surface area is 152 Å². The van der Waals surface area contributed by atoms with Crippen molar-refractivity contribution >= 4 is 35.2 Å². The molecular weight excluding hydrogens is 340 g/mol. The molecule has 0 aliphatic carbocycles. The number of nitrogens with zero attached hydrogens (tertiary/aromatic N) is 1. The summed E-state index contributed by atoms with van der Waals surface area (Å²) in [5.41, 5.74) is 1.06. The first-order valence-electron chi connectivity index (χ1n) is 8.10. The fourth-order valence-electron chi connectivity index (χ4n) is 2.62. The Kier molecular flexibility index (Phi) is 5.77. The number of carbonyl (C=O) groups excluding carboxylic acids is 2. The largest absolute Gasteiger partial charge is 0.478 e. The molecule has 0 radical (unpaired) electrons. The van der Waals surface area contributed by atoms with Crippen molar-refractivity contribution in [3.8, 4) is 0 Å². The van der Waals surface area contributed by atoms with Crippen molar-refractivity contribution in [3.05, 3.63) is 29.3 Å². The summed E-state index contributed by atoms with van der Waals surface area (Å²) in [6, 6.07) is 4.24. The first-order chi connectivity index (χ1) is 11.6. The Morgan fingerprint density at radius 2 is 2.00 bits per heavy atom. The third-order valence-electron chi connectivity index (χ3n) is 3.92. The Morgan fingerprint density at radius 3 is 2.60 bits per heavy atom. The van der Waals surface area contributed by atoms with Crippen molar-refractivity contribution in [3.63, 3.8) is 0 Å². The van der Waals surface area contributed by atoms with Crippen molar-refractivity contribution in [1.29, 1.82) is 0 Å². The molecule has 2 N–H and O–H groups in total. The van der Waals surface area contributed by atoms with Gasteiger partial charge in [0.05, 0.1) is 11.4 Å². The molecule has 2 amide bonds. The van der Waals surface area contributed by atoms with E-state index < -0.39 is 12.0 Å². The van der Waals surface area contributed by atoms with E-state index in [1.54, 1.807) is 35.7 Å². The van der Waals surface area contributed by atoms with Gasteiger partial charge in [-0.15, -0.1) is 11.8 Å². The monoisotopic (exact) mass is 364 g/mol. The van der Waals surface area contributed by atoms with E-state index in [4.69, 9.17) is 0 Å². The Balaban J connectivity index is 2.11. The van der Waals surface area contributed by atoms with Gasteiger partial charge in [0, 0.05) is 17.9 Å². The van der Waals surface area contributed by atoms with E-state index in [2.05, 4.69) is 5.32 Å². The van der Waals surface area contributed by atoms with Gasteiger partial charge in [-0.2, -0.15) is 0 Å². The normalized spacial score (nSPS) is 17.4. The van der Waals surface area contributed by atoms with Gasteiger partial charge in [-0.1, -0.05) is 26.8 Å². The summed E-state index contributed by atoms with van der Waals surface area (Å²) in [5.74, 6) is -0.312. The van der Waals surface area contributed by atoms with Gasteiger partial charge >= 0.3 is 5.97 Å². The molecule has 1 fully saturated rings. The molecule has 1 aromatic rings. The van der Waals surface area contributed by atoms with Gasteiger partial charge in [0.1, 0.15) is 6.04 Å². The third-order valence-corrected chi connectivity index (χ3v) is 4.93. The SMILES string of the molecule is Cc1ccc(NC(=O)C2CSCN2C(=O)CC(C)(C)C)cc1C(=O)O. The number of aromatic carboxylic acids is 1. The smallest absolute Gasteiger partial charge is 0.336 e. The minimum absolute atomic E-state index is 0.0345. The van der Waals surface area contributed by atoms with Gasteiger partial charge < -0.3 is 15.3 Å². The fraction of sp³-hybridized carbons (Fsp3) is 0.500. The summed E-state index contributed by atoms with van der Waals surface area (Å²) in [6.07, 6.45) is 0.380. The molecule has 0 spiro atoms. The molecule has 2 rings (SSSR count). The van der Waals surface area contributed by atoms with Crippen LogP contribution in [0.5, 0.6) is 0 Å². The van der Waals surface area contributed by atoms with Crippen molar-refractivity contribution < 1.29 is 19.5 Å². The lowest BCUT2D eigenvalue weighted by atomic mass is 9.91. The number of hydrogen-bond acceptors (Lipinski definition) is 4. The highest BCUT2D eigenvalue weighted by Crippen LogP contribution is 2.27. The van der Waals surface area contributed by atoms with Gasteiger partial charge in [0.2, 0.25) is 11.8 Å². The first kappa shape index (κ1) is 19.3. The molecule has 1 aliphatic rings. The summed E-state index contributed by atoms with van der Waals surface area (Å²) in [4.78, 5) is 37.9. The van der Waals surface area contributed by atoms with E-state index >= 15 is 0 Å². The zero-order valence-electron chi connectivity index (χ0n) is 15.0. The molecule has 25 heavy (non-hydrogen) atoms. The number of benzene rings is 1. The van der Waals surface area contributed by atoms with Gasteiger partial charge in [-0.3, -0.25) is 9.59 Å². The predicted octanol–water partition coefficient (Wildman–Crippen LogP) is 2.97. The number of aryl methyl sites for hydroxylation is 1. The lowest BCUT2D eigenvalue weighted by molar-refractivity contribution is -0.137. The first-order valence-corrected chi connectivity index (χ1v) is 9.26. The standard InChI is InChI=1S/C18H24N2O4S/c1-11-5-6-12(7-13(11)17(23)24)19-16(22)14-9-25-10-20(14)15(21)8-18(2,3)4/h5-7,14H,8-10H2,1-4H3,(H,19,22)(H,23,24). The van der Waals surface area contributed by atoms with E-state index in [1.807, 2.05) is 20.8 Å². The maximum atomic E-state index is 12.6. The van der Waals surface area contributed by atoms with Crippen LogP contribution in [0.4, 0.5) is 5.69 Å². The summed E-state index contributed by atoms with van der Waals surface area (Å²) < 4.78 is 0. The second kappa shape index (κ2) is 7.47. The molecule has 136 valence electrons. The highest BCUT2D eigenvalue weighted by Gasteiger charge is 2.35. The third kappa shape index (κ3) is 4.98. The molecule has 6 nitrogen and oxygen atoms in total. The zero-order valence-corrected chi connectivity index (χ0v) is 15.8. The lowest BCUT2D eigenvalue weighted by Gasteiger charge is -2.26. The molecule has 1 aliphatic heterocycles. The van der Waals surface area contributed by atoms with E-state index in [1.165, 1.54) is 6.07 Å². The van der Waals surface area contributed by atoms with Crippen molar-refractivity contribution in [2.24, 2.45) is 5.41 Å². The summed E-state index contributed by atoms with van der Waals surface area (Å²) in [5, 5.41) is 11.9. The number of thioether (sulfide) groups is 1. The molecule has 0 aromatic heterocycles. The minimum atomic E-state index is -1.04. The summed E-state index contributed by atoms with van der Waals surface area (Å²) in [6.45, 7) is 7.67. The summed E-state index contributed by atoms with van der Waals surface area (Å²) >= 11 is 1.54. The van der Waals surface area contributed by atoms with Gasteiger partial charge in [0.15, 0.2) is 0 Å². The second-order valence-corrected chi connectivity index (χ2v) is 8.44. The molecule has 1 atom stereocenters. The number of nitrogens with one attached hydrogen (secondary N) is 1. The number of amides is 2.